The van der Waals surface area contributed by atoms with Crippen molar-refractivity contribution in [2.45, 2.75) is 37.8 Å². The van der Waals surface area contributed by atoms with Crippen LogP contribution in [0.15, 0.2) is 47.5 Å². The number of carbonyl (C=O) groups is 2. The molecule has 2 heterocycles. The molecular formula is C22H29N5O2S. The summed E-state index contributed by atoms with van der Waals surface area (Å²) in [6.07, 6.45) is 2.81. The van der Waals surface area contributed by atoms with Crippen molar-refractivity contribution >= 4 is 29.4 Å². The van der Waals surface area contributed by atoms with Crippen LogP contribution in [0.1, 0.15) is 31.7 Å². The molecule has 0 radical (unpaired) electrons. The van der Waals surface area contributed by atoms with Crippen LogP contribution >= 0.6 is 11.8 Å². The molecule has 160 valence electrons. The molecule has 0 spiro atoms. The highest BCUT2D eigenvalue weighted by molar-refractivity contribution is 7.99. The van der Waals surface area contributed by atoms with Crippen LogP contribution in [0.3, 0.4) is 0 Å². The standard InChI is InChI=1S/C22H29N5O2S/c1-2-12-23-22(29)18-9-6-13-27(15-18)19-10-11-21(26-25-19)30-16-20(28)24-14-17-7-4-3-5-8-17/h3-5,7-8,10-11,18H,2,6,9,12-16H2,1H3,(H,23,29)(H,24,28)/t18-/m0/s1. The van der Waals surface area contributed by atoms with Crippen molar-refractivity contribution in [1.82, 2.24) is 20.8 Å². The zero-order valence-electron chi connectivity index (χ0n) is 17.3. The number of rotatable bonds is 9. The first kappa shape index (κ1) is 22.1. The van der Waals surface area contributed by atoms with Crippen LogP contribution in [0, 0.1) is 5.92 Å². The van der Waals surface area contributed by atoms with Gasteiger partial charge in [-0.1, -0.05) is 49.0 Å². The van der Waals surface area contributed by atoms with Gasteiger partial charge >= 0.3 is 0 Å². The summed E-state index contributed by atoms with van der Waals surface area (Å²) in [5.74, 6) is 1.16. The molecule has 1 aliphatic heterocycles. The van der Waals surface area contributed by atoms with Gasteiger partial charge in [0.2, 0.25) is 11.8 Å². The lowest BCUT2D eigenvalue weighted by molar-refractivity contribution is -0.125. The zero-order chi connectivity index (χ0) is 21.2. The quantitative estimate of drug-likeness (QED) is 0.598. The molecule has 7 nitrogen and oxygen atoms in total. The van der Waals surface area contributed by atoms with Crippen LogP contribution in [-0.4, -0.2) is 47.4 Å². The van der Waals surface area contributed by atoms with Crippen molar-refractivity contribution in [3.8, 4) is 0 Å². The summed E-state index contributed by atoms with van der Waals surface area (Å²) in [7, 11) is 0. The van der Waals surface area contributed by atoms with Gasteiger partial charge in [-0.15, -0.1) is 10.2 Å². The highest BCUT2D eigenvalue weighted by Gasteiger charge is 2.26. The first-order chi connectivity index (χ1) is 14.7. The van der Waals surface area contributed by atoms with E-state index in [9.17, 15) is 9.59 Å². The predicted octanol–water partition coefficient (Wildman–Crippen LogP) is 2.63. The Bertz CT molecular complexity index is 816. The van der Waals surface area contributed by atoms with Crippen molar-refractivity contribution in [3.63, 3.8) is 0 Å². The molecule has 1 aromatic heterocycles. The molecule has 0 aliphatic carbocycles. The second-order valence-corrected chi connectivity index (χ2v) is 8.35. The largest absolute Gasteiger partial charge is 0.356 e. The van der Waals surface area contributed by atoms with E-state index in [1.165, 1.54) is 11.8 Å². The van der Waals surface area contributed by atoms with E-state index in [1.807, 2.05) is 42.5 Å². The fourth-order valence-corrected chi connectivity index (χ4v) is 3.98. The average Bonchev–Trinajstić information content (AvgIpc) is 2.81. The summed E-state index contributed by atoms with van der Waals surface area (Å²) < 4.78 is 0. The van der Waals surface area contributed by atoms with Gasteiger partial charge in [0, 0.05) is 26.2 Å². The maximum Gasteiger partial charge on any atom is 0.230 e. The molecule has 2 aromatic rings. The number of nitrogens with zero attached hydrogens (tertiary/aromatic N) is 3. The third kappa shape index (κ3) is 6.73. The van der Waals surface area contributed by atoms with Crippen LogP contribution in [0.25, 0.3) is 0 Å². The molecule has 8 heteroatoms. The van der Waals surface area contributed by atoms with Gasteiger partial charge in [-0.3, -0.25) is 9.59 Å². The first-order valence-corrected chi connectivity index (χ1v) is 11.4. The lowest BCUT2D eigenvalue weighted by Gasteiger charge is -2.32. The minimum absolute atomic E-state index is 0.00513. The van der Waals surface area contributed by atoms with Gasteiger partial charge in [0.05, 0.1) is 11.7 Å². The monoisotopic (exact) mass is 427 g/mol. The number of hydrogen-bond acceptors (Lipinski definition) is 6. The van der Waals surface area contributed by atoms with Gasteiger partial charge in [0.1, 0.15) is 5.03 Å². The highest BCUT2D eigenvalue weighted by Crippen LogP contribution is 2.23. The van der Waals surface area contributed by atoms with Crippen LogP contribution in [0.2, 0.25) is 0 Å². The van der Waals surface area contributed by atoms with Crippen molar-refractivity contribution in [2.75, 3.05) is 30.3 Å². The molecule has 1 fully saturated rings. The third-order valence-corrected chi connectivity index (χ3v) is 5.90. The molecule has 0 unspecified atom stereocenters. The van der Waals surface area contributed by atoms with Crippen LogP contribution in [-0.2, 0) is 16.1 Å². The molecular weight excluding hydrogens is 398 g/mol. The van der Waals surface area contributed by atoms with Crippen molar-refractivity contribution in [1.29, 1.82) is 0 Å². The summed E-state index contributed by atoms with van der Waals surface area (Å²) in [5, 5.41) is 15.2. The van der Waals surface area contributed by atoms with Gasteiger partial charge in [0.25, 0.3) is 0 Å². The first-order valence-electron chi connectivity index (χ1n) is 10.5. The lowest BCUT2D eigenvalue weighted by atomic mass is 9.97. The normalized spacial score (nSPS) is 16.2. The van der Waals surface area contributed by atoms with Gasteiger partial charge in [0.15, 0.2) is 5.82 Å². The van der Waals surface area contributed by atoms with Crippen molar-refractivity contribution in [3.05, 3.63) is 48.0 Å². The Morgan fingerprint density at radius 1 is 1.13 bits per heavy atom. The molecule has 0 saturated carbocycles. The van der Waals surface area contributed by atoms with E-state index >= 15 is 0 Å². The number of benzene rings is 1. The molecule has 30 heavy (non-hydrogen) atoms. The summed E-state index contributed by atoms with van der Waals surface area (Å²) in [6.45, 7) is 4.83. The van der Waals surface area contributed by atoms with E-state index in [4.69, 9.17) is 0 Å². The SMILES string of the molecule is CCCNC(=O)[C@H]1CCCN(c2ccc(SCC(=O)NCc3ccccc3)nn2)C1. The molecule has 1 aromatic carbocycles. The van der Waals surface area contributed by atoms with E-state index in [-0.39, 0.29) is 17.7 Å². The molecule has 1 aliphatic rings. The Balaban J connectivity index is 1.45. The Labute approximate surface area is 182 Å². The number of anilines is 1. The maximum absolute atomic E-state index is 12.3. The Morgan fingerprint density at radius 2 is 1.97 bits per heavy atom. The Hall–Kier alpha value is -2.61. The molecule has 3 rings (SSSR count). The fraction of sp³-hybridized carbons (Fsp3) is 0.455. The molecule has 2 N–H and O–H groups in total. The predicted molar refractivity (Wildman–Crippen MR) is 119 cm³/mol. The van der Waals surface area contributed by atoms with Crippen molar-refractivity contribution in [2.24, 2.45) is 5.92 Å². The third-order valence-electron chi connectivity index (χ3n) is 4.98. The number of aromatic nitrogens is 2. The number of hydrogen-bond donors (Lipinski definition) is 2. The molecule has 2 amide bonds. The van der Waals surface area contributed by atoms with E-state index < -0.39 is 0 Å². The molecule has 1 saturated heterocycles. The summed E-state index contributed by atoms with van der Waals surface area (Å²) in [6, 6.07) is 13.6. The van der Waals surface area contributed by atoms with Crippen LogP contribution < -0.4 is 15.5 Å². The molecule has 1 atom stereocenters. The minimum Gasteiger partial charge on any atom is -0.356 e. The lowest BCUT2D eigenvalue weighted by Crippen LogP contribution is -2.43. The van der Waals surface area contributed by atoms with Gasteiger partial charge in [-0.05, 0) is 37.0 Å². The summed E-state index contributed by atoms with van der Waals surface area (Å²) in [4.78, 5) is 26.4. The van der Waals surface area contributed by atoms with Crippen LogP contribution in [0.4, 0.5) is 5.82 Å². The number of thioether (sulfide) groups is 1. The smallest absolute Gasteiger partial charge is 0.230 e. The van der Waals surface area contributed by atoms with E-state index in [0.717, 1.165) is 43.7 Å². The summed E-state index contributed by atoms with van der Waals surface area (Å²) in [5.41, 5.74) is 1.07. The fourth-order valence-electron chi connectivity index (χ4n) is 3.34. The maximum atomic E-state index is 12.3. The second kappa shape index (κ2) is 11.5. The van der Waals surface area contributed by atoms with E-state index in [1.54, 1.807) is 0 Å². The molecule has 0 bridgehead atoms. The topological polar surface area (TPSA) is 87.2 Å². The van der Waals surface area contributed by atoms with E-state index in [0.29, 0.717) is 23.9 Å². The average molecular weight is 428 g/mol. The zero-order valence-corrected chi connectivity index (χ0v) is 18.2. The Morgan fingerprint density at radius 3 is 2.70 bits per heavy atom. The second-order valence-electron chi connectivity index (χ2n) is 7.36. The van der Waals surface area contributed by atoms with Gasteiger partial charge in [-0.25, -0.2) is 0 Å². The number of nitrogens with one attached hydrogen (secondary N) is 2. The number of carbonyl (C=O) groups excluding carboxylic acids is 2. The minimum atomic E-state index is -0.0355. The number of amides is 2. The summed E-state index contributed by atoms with van der Waals surface area (Å²) >= 11 is 1.37. The highest BCUT2D eigenvalue weighted by atomic mass is 32.2. The van der Waals surface area contributed by atoms with Gasteiger partial charge < -0.3 is 15.5 Å². The van der Waals surface area contributed by atoms with E-state index in [2.05, 4.69) is 32.7 Å². The van der Waals surface area contributed by atoms with Gasteiger partial charge in [-0.2, -0.15) is 0 Å². The van der Waals surface area contributed by atoms with Crippen molar-refractivity contribution < 1.29 is 9.59 Å². The van der Waals surface area contributed by atoms with Crippen LogP contribution in [0.5, 0.6) is 0 Å². The number of piperidine rings is 1. The Kier molecular flexibility index (Phi) is 8.50.